The molecular weight excluding hydrogens is 372 g/mol. The molecule has 0 fully saturated rings. The van der Waals surface area contributed by atoms with Crippen molar-refractivity contribution in [1.29, 1.82) is 0 Å². The van der Waals surface area contributed by atoms with Crippen molar-refractivity contribution < 1.29 is 26.7 Å². The summed E-state index contributed by atoms with van der Waals surface area (Å²) in [5.74, 6) is -2.89. The number of likely N-dealkylation sites (N-methyl/N-ethyl adjacent to an activating group) is 1. The Kier molecular flexibility index (Phi) is 6.24. The minimum absolute atomic E-state index is 0.0651. The molecule has 0 aliphatic carbocycles. The van der Waals surface area contributed by atoms with E-state index >= 15 is 0 Å². The van der Waals surface area contributed by atoms with E-state index in [1.54, 1.807) is 6.92 Å². The van der Waals surface area contributed by atoms with E-state index in [4.69, 9.17) is 0 Å². The fraction of sp³-hybridized carbons (Fsp3) is 0.417. The number of halogens is 3. The van der Waals surface area contributed by atoms with Gasteiger partial charge >= 0.3 is 5.97 Å². The topological polar surface area (TPSA) is 63.7 Å². The third kappa shape index (κ3) is 4.21. The zero-order valence-electron chi connectivity index (χ0n) is 11.4. The van der Waals surface area contributed by atoms with Crippen LogP contribution in [-0.2, 0) is 19.6 Å². The van der Waals surface area contributed by atoms with E-state index in [1.807, 2.05) is 0 Å². The average molecular weight is 386 g/mol. The zero-order valence-corrected chi connectivity index (χ0v) is 13.8. The molecule has 0 saturated heterocycles. The Balaban J connectivity index is 3.23. The summed E-state index contributed by atoms with van der Waals surface area (Å²) in [6, 6.07) is 1.31. The van der Waals surface area contributed by atoms with Crippen LogP contribution in [-0.4, -0.2) is 38.4 Å². The molecule has 0 heterocycles. The molecule has 0 saturated carbocycles. The third-order valence-electron chi connectivity index (χ3n) is 2.52. The highest BCUT2D eigenvalue weighted by molar-refractivity contribution is 9.10. The summed E-state index contributed by atoms with van der Waals surface area (Å²) in [4.78, 5) is 10.7. The molecule has 0 aliphatic rings. The molecule has 0 N–H and O–H groups in total. The van der Waals surface area contributed by atoms with Crippen LogP contribution < -0.4 is 0 Å². The molecule has 9 heteroatoms. The lowest BCUT2D eigenvalue weighted by molar-refractivity contribution is -0.143. The molecule has 1 aromatic carbocycles. The van der Waals surface area contributed by atoms with E-state index in [-0.39, 0.29) is 17.6 Å². The molecule has 0 amide bonds. The highest BCUT2D eigenvalue weighted by Gasteiger charge is 2.31. The van der Waals surface area contributed by atoms with Crippen LogP contribution in [0.3, 0.4) is 0 Å². The van der Waals surface area contributed by atoms with Gasteiger partial charge in [0.25, 0.3) is 0 Å². The lowest BCUT2D eigenvalue weighted by Gasteiger charge is -2.20. The first kappa shape index (κ1) is 18.0. The molecule has 0 aliphatic heterocycles. The van der Waals surface area contributed by atoms with Crippen molar-refractivity contribution >= 4 is 31.9 Å². The second-order valence-electron chi connectivity index (χ2n) is 3.93. The smallest absolute Gasteiger partial charge is 0.321 e. The fourth-order valence-corrected chi connectivity index (χ4v) is 4.13. The normalized spacial score (nSPS) is 11.7. The lowest BCUT2D eigenvalue weighted by atomic mass is 10.3. The number of esters is 1. The van der Waals surface area contributed by atoms with Gasteiger partial charge < -0.3 is 4.74 Å². The summed E-state index contributed by atoms with van der Waals surface area (Å²) >= 11 is 2.83. The molecule has 1 rings (SSSR count). The van der Waals surface area contributed by atoms with Gasteiger partial charge in [-0.05, 0) is 28.9 Å². The average Bonchev–Trinajstić information content (AvgIpc) is 2.34. The quantitative estimate of drug-likeness (QED) is 0.704. The Morgan fingerprint density at radius 2 is 1.95 bits per heavy atom. The highest BCUT2D eigenvalue weighted by Crippen LogP contribution is 2.28. The van der Waals surface area contributed by atoms with Crippen LogP contribution in [0.5, 0.6) is 0 Å². The number of nitrogens with zero attached hydrogens (tertiary/aromatic N) is 1. The number of hydrogen-bond donors (Lipinski definition) is 0. The summed E-state index contributed by atoms with van der Waals surface area (Å²) in [6.45, 7) is 2.57. The number of hydrogen-bond acceptors (Lipinski definition) is 4. The Morgan fingerprint density at radius 1 is 1.33 bits per heavy atom. The second kappa shape index (κ2) is 7.28. The van der Waals surface area contributed by atoms with Crippen molar-refractivity contribution in [2.24, 2.45) is 0 Å². The molecule has 0 aromatic heterocycles. The van der Waals surface area contributed by atoms with Gasteiger partial charge in [0.2, 0.25) is 10.0 Å². The molecular formula is C12H14BrF2NO4S. The van der Waals surface area contributed by atoms with Crippen LogP contribution in [0.25, 0.3) is 0 Å². The fourth-order valence-electron chi connectivity index (χ4n) is 1.62. The van der Waals surface area contributed by atoms with Crippen LogP contribution in [0.4, 0.5) is 8.78 Å². The molecule has 118 valence electrons. The van der Waals surface area contributed by atoms with Crippen molar-refractivity contribution in [3.05, 3.63) is 28.2 Å². The molecule has 21 heavy (non-hydrogen) atoms. The van der Waals surface area contributed by atoms with Gasteiger partial charge in [0.1, 0.15) is 23.1 Å². The molecule has 0 spiro atoms. The van der Waals surface area contributed by atoms with Crippen LogP contribution >= 0.6 is 15.9 Å². The largest absolute Gasteiger partial charge is 0.465 e. The van der Waals surface area contributed by atoms with E-state index in [0.29, 0.717) is 6.07 Å². The Labute approximate surface area is 130 Å². The molecule has 0 atom stereocenters. The van der Waals surface area contributed by atoms with Gasteiger partial charge in [-0.25, -0.2) is 17.2 Å². The monoisotopic (exact) mass is 385 g/mol. The number of benzene rings is 1. The molecule has 0 unspecified atom stereocenters. The van der Waals surface area contributed by atoms with Crippen LogP contribution in [0, 0.1) is 11.6 Å². The van der Waals surface area contributed by atoms with Crippen molar-refractivity contribution in [2.45, 2.75) is 18.7 Å². The summed E-state index contributed by atoms with van der Waals surface area (Å²) in [6.07, 6.45) is 0. The summed E-state index contributed by atoms with van der Waals surface area (Å²) in [5, 5.41) is 0. The van der Waals surface area contributed by atoms with E-state index in [0.717, 1.165) is 10.4 Å². The number of carbonyl (C=O) groups excluding carboxylic acids is 1. The van der Waals surface area contributed by atoms with Gasteiger partial charge in [-0.3, -0.25) is 4.79 Å². The van der Waals surface area contributed by atoms with Gasteiger partial charge in [0, 0.05) is 17.1 Å². The highest BCUT2D eigenvalue weighted by atomic mass is 79.9. The maximum Gasteiger partial charge on any atom is 0.321 e. The Hall–Kier alpha value is -1.06. The van der Waals surface area contributed by atoms with Crippen LogP contribution in [0.15, 0.2) is 21.5 Å². The number of sulfonamides is 1. The van der Waals surface area contributed by atoms with Gasteiger partial charge in [-0.15, -0.1) is 0 Å². The predicted octanol–water partition coefficient (Wildman–Crippen LogP) is 2.30. The van der Waals surface area contributed by atoms with Crippen LogP contribution in [0.2, 0.25) is 0 Å². The van der Waals surface area contributed by atoms with Gasteiger partial charge in [0.05, 0.1) is 6.61 Å². The summed E-state index contributed by atoms with van der Waals surface area (Å²) in [5.41, 5.74) is 0. The van der Waals surface area contributed by atoms with Crippen LogP contribution in [0.1, 0.15) is 13.8 Å². The first-order valence-corrected chi connectivity index (χ1v) is 8.27. The van der Waals surface area contributed by atoms with Gasteiger partial charge in [0.15, 0.2) is 0 Å². The minimum Gasteiger partial charge on any atom is -0.465 e. The maximum absolute atomic E-state index is 13.8. The number of carbonyl (C=O) groups is 1. The van der Waals surface area contributed by atoms with E-state index in [9.17, 15) is 22.0 Å². The van der Waals surface area contributed by atoms with Gasteiger partial charge in [-0.2, -0.15) is 4.31 Å². The SMILES string of the molecule is CCOC(=O)CN(CC)S(=O)(=O)c1c(F)cc(F)cc1Br. The van der Waals surface area contributed by atoms with E-state index in [2.05, 4.69) is 20.7 Å². The maximum atomic E-state index is 13.8. The molecule has 1 aromatic rings. The molecule has 5 nitrogen and oxygen atoms in total. The minimum atomic E-state index is -4.30. The first-order valence-electron chi connectivity index (χ1n) is 6.04. The van der Waals surface area contributed by atoms with Crippen molar-refractivity contribution in [1.82, 2.24) is 4.31 Å². The predicted molar refractivity (Wildman–Crippen MR) is 75.1 cm³/mol. The standard InChI is InChI=1S/C12H14BrF2NO4S/c1-3-16(7-11(17)20-4-2)21(18,19)12-9(13)5-8(14)6-10(12)15/h5-6H,3-4,7H2,1-2H3. The second-order valence-corrected chi connectivity index (χ2v) is 6.66. The first-order chi connectivity index (χ1) is 9.73. The lowest BCUT2D eigenvalue weighted by Crippen LogP contribution is -2.37. The Bertz CT molecular complexity index is 613. The van der Waals surface area contributed by atoms with E-state index < -0.39 is 39.1 Å². The van der Waals surface area contributed by atoms with Crippen molar-refractivity contribution in [2.75, 3.05) is 19.7 Å². The zero-order chi connectivity index (χ0) is 16.2. The van der Waals surface area contributed by atoms with E-state index in [1.165, 1.54) is 6.92 Å². The summed E-state index contributed by atoms with van der Waals surface area (Å²) in [7, 11) is -4.30. The Morgan fingerprint density at radius 3 is 2.43 bits per heavy atom. The van der Waals surface area contributed by atoms with Crippen molar-refractivity contribution in [3.8, 4) is 0 Å². The molecule has 0 radical (unpaired) electrons. The summed E-state index contributed by atoms with van der Waals surface area (Å²) < 4.78 is 56.8. The third-order valence-corrected chi connectivity index (χ3v) is 5.41. The molecule has 0 bridgehead atoms. The number of ether oxygens (including phenoxy) is 1. The number of rotatable bonds is 6. The van der Waals surface area contributed by atoms with Crippen molar-refractivity contribution in [3.63, 3.8) is 0 Å². The van der Waals surface area contributed by atoms with Gasteiger partial charge in [-0.1, -0.05) is 6.92 Å².